The van der Waals surface area contributed by atoms with Crippen LogP contribution in [0.15, 0.2) is 53.5 Å². The van der Waals surface area contributed by atoms with E-state index in [4.69, 9.17) is 9.47 Å². The Kier molecular flexibility index (Phi) is 4.24. The summed E-state index contributed by atoms with van der Waals surface area (Å²) in [7, 11) is 2.04. The largest absolute Gasteiger partial charge is 0.446 e. The van der Waals surface area contributed by atoms with Gasteiger partial charge in [0.2, 0.25) is 5.60 Å². The van der Waals surface area contributed by atoms with Gasteiger partial charge in [-0.15, -0.1) is 0 Å². The van der Waals surface area contributed by atoms with E-state index in [0.717, 1.165) is 32.5 Å². The van der Waals surface area contributed by atoms with Gasteiger partial charge in [-0.25, -0.2) is 0 Å². The quantitative estimate of drug-likeness (QED) is 0.660. The van der Waals surface area contributed by atoms with Crippen LogP contribution in [0.5, 0.6) is 0 Å². The third-order valence-electron chi connectivity index (χ3n) is 7.29. The molecule has 1 amide bonds. The Morgan fingerprint density at radius 1 is 0.935 bits per heavy atom. The Morgan fingerprint density at radius 3 is 2.45 bits per heavy atom. The van der Waals surface area contributed by atoms with Crippen molar-refractivity contribution in [3.05, 3.63) is 70.8 Å². The molecule has 0 bridgehead atoms. The lowest BCUT2D eigenvalue weighted by molar-refractivity contribution is -0.132. The maximum atomic E-state index is 13.1. The number of aliphatic imine (C=N–C) groups is 1. The van der Waals surface area contributed by atoms with Crippen LogP contribution in [-0.2, 0) is 39.4 Å². The number of nitrogens with zero attached hydrogens (tertiary/aromatic N) is 3. The first-order valence-corrected chi connectivity index (χ1v) is 11.1. The van der Waals surface area contributed by atoms with Crippen molar-refractivity contribution < 1.29 is 14.3 Å². The molecule has 2 aromatic carbocycles. The lowest BCUT2D eigenvalue weighted by atomic mass is 9.84. The first-order chi connectivity index (χ1) is 15.1. The minimum Gasteiger partial charge on any atom is -0.446 e. The number of hydrogen-bond acceptors (Lipinski definition) is 5. The fourth-order valence-corrected chi connectivity index (χ4v) is 5.66. The summed E-state index contributed by atoms with van der Waals surface area (Å²) in [6.07, 6.45) is 2.31. The number of amidine groups is 1. The number of carbonyl (C=O) groups is 1. The van der Waals surface area contributed by atoms with E-state index < -0.39 is 5.60 Å². The van der Waals surface area contributed by atoms with Gasteiger partial charge >= 0.3 is 0 Å². The lowest BCUT2D eigenvalue weighted by Gasteiger charge is -2.40. The number of rotatable bonds is 0. The molecule has 2 spiro atoms. The van der Waals surface area contributed by atoms with Gasteiger partial charge in [0.25, 0.3) is 11.9 Å². The van der Waals surface area contributed by atoms with Gasteiger partial charge < -0.3 is 14.4 Å². The Morgan fingerprint density at radius 2 is 1.65 bits per heavy atom. The van der Waals surface area contributed by atoms with E-state index in [9.17, 15) is 4.79 Å². The number of amides is 1. The molecule has 0 saturated carbocycles. The second-order valence-corrected chi connectivity index (χ2v) is 9.34. The molecule has 1 fully saturated rings. The maximum absolute atomic E-state index is 13.1. The van der Waals surface area contributed by atoms with E-state index in [-0.39, 0.29) is 11.5 Å². The van der Waals surface area contributed by atoms with Crippen LogP contribution >= 0.6 is 0 Å². The second kappa shape index (κ2) is 6.90. The van der Waals surface area contributed by atoms with Gasteiger partial charge in [0.15, 0.2) is 0 Å². The number of likely N-dealkylation sites (tertiary alicyclic amines) is 1. The van der Waals surface area contributed by atoms with Crippen LogP contribution in [0.3, 0.4) is 0 Å². The number of likely N-dealkylation sites (N-methyl/N-ethyl adjacent to an activating group) is 1. The zero-order chi connectivity index (χ0) is 21.1. The molecular weight excluding hydrogens is 390 g/mol. The van der Waals surface area contributed by atoms with Gasteiger partial charge in [0.1, 0.15) is 0 Å². The molecule has 0 radical (unpaired) electrons. The van der Waals surface area contributed by atoms with Gasteiger partial charge in [-0.05, 0) is 42.1 Å². The van der Waals surface area contributed by atoms with Crippen molar-refractivity contribution in [3.8, 4) is 0 Å². The van der Waals surface area contributed by atoms with E-state index in [2.05, 4.69) is 57.3 Å². The van der Waals surface area contributed by atoms with Crippen molar-refractivity contribution in [2.45, 2.75) is 43.6 Å². The molecule has 4 aliphatic heterocycles. The summed E-state index contributed by atoms with van der Waals surface area (Å²) in [5.41, 5.74) is 3.89. The van der Waals surface area contributed by atoms with E-state index in [1.165, 1.54) is 22.3 Å². The summed E-state index contributed by atoms with van der Waals surface area (Å²) in [5, 5.41) is 0. The monoisotopic (exact) mass is 417 g/mol. The molecule has 160 valence electrons. The van der Waals surface area contributed by atoms with Gasteiger partial charge in [0.05, 0.1) is 12.2 Å². The number of piperidine rings is 1. The molecule has 0 N–H and O–H groups in total. The number of benzene rings is 2. The van der Waals surface area contributed by atoms with Crippen LogP contribution in [0.25, 0.3) is 0 Å². The zero-order valence-corrected chi connectivity index (χ0v) is 17.8. The molecule has 4 aliphatic rings. The Labute approximate surface area is 182 Å². The third kappa shape index (κ3) is 3.00. The summed E-state index contributed by atoms with van der Waals surface area (Å²) >= 11 is 0. The predicted molar refractivity (Wildman–Crippen MR) is 116 cm³/mol. The Balaban J connectivity index is 1.21. The molecule has 1 saturated heterocycles. The van der Waals surface area contributed by atoms with Crippen LogP contribution < -0.4 is 0 Å². The predicted octanol–water partition coefficient (Wildman–Crippen LogP) is 2.85. The van der Waals surface area contributed by atoms with Gasteiger partial charge in [-0.3, -0.25) is 9.69 Å². The average molecular weight is 418 g/mol. The number of fused-ring (bicyclic) bond motifs is 3. The Hall–Kier alpha value is -2.70. The third-order valence-corrected chi connectivity index (χ3v) is 7.29. The first-order valence-electron chi connectivity index (χ1n) is 11.1. The molecule has 6 nitrogen and oxygen atoms in total. The summed E-state index contributed by atoms with van der Waals surface area (Å²) < 4.78 is 12.7. The van der Waals surface area contributed by atoms with Crippen LogP contribution in [0.2, 0.25) is 0 Å². The normalized spacial score (nSPS) is 27.1. The maximum Gasteiger partial charge on any atom is 0.296 e. The molecule has 6 heteroatoms. The standard InChI is InChI=1S/C25H27N3O3/c1-27-15-19-7-3-2-6-18(19)14-25(17-27)22(29)26-23(31-25)28-12-10-24(11-13-28)21-9-5-4-8-20(21)16-30-24/h2-9H,10-17H2,1H3. The summed E-state index contributed by atoms with van der Waals surface area (Å²) in [6, 6.07) is 17.3. The highest BCUT2D eigenvalue weighted by Gasteiger charge is 2.51. The van der Waals surface area contributed by atoms with Crippen LogP contribution in [0.1, 0.15) is 35.1 Å². The molecule has 1 unspecified atom stereocenters. The molecular formula is C25H27N3O3. The number of carbonyl (C=O) groups excluding carboxylic acids is 1. The highest BCUT2D eigenvalue weighted by atomic mass is 16.5. The van der Waals surface area contributed by atoms with Crippen molar-refractivity contribution in [1.29, 1.82) is 0 Å². The van der Waals surface area contributed by atoms with Gasteiger partial charge in [0, 0.05) is 32.6 Å². The van der Waals surface area contributed by atoms with Gasteiger partial charge in [-0.1, -0.05) is 48.5 Å². The number of hydrogen-bond donors (Lipinski definition) is 0. The lowest BCUT2D eigenvalue weighted by Crippen LogP contribution is -2.50. The van der Waals surface area contributed by atoms with E-state index in [1.807, 2.05) is 13.1 Å². The first kappa shape index (κ1) is 19.0. The van der Waals surface area contributed by atoms with Crippen molar-refractivity contribution in [3.63, 3.8) is 0 Å². The van der Waals surface area contributed by atoms with Crippen molar-refractivity contribution in [2.24, 2.45) is 4.99 Å². The fraction of sp³-hybridized carbons (Fsp3) is 0.440. The molecule has 4 heterocycles. The topological polar surface area (TPSA) is 54.4 Å². The highest BCUT2D eigenvalue weighted by molar-refractivity contribution is 6.01. The molecule has 2 aromatic rings. The van der Waals surface area contributed by atoms with E-state index >= 15 is 0 Å². The molecule has 0 aromatic heterocycles. The molecule has 1 atom stereocenters. The minimum absolute atomic E-state index is 0.159. The molecule has 0 aliphatic carbocycles. The van der Waals surface area contributed by atoms with E-state index in [1.54, 1.807) is 0 Å². The van der Waals surface area contributed by atoms with Gasteiger partial charge in [-0.2, -0.15) is 4.99 Å². The SMILES string of the molecule is CN1Cc2ccccc2CC2(C1)OC(N1CCC3(CC1)OCc1ccccc13)=NC2=O. The minimum atomic E-state index is -0.928. The van der Waals surface area contributed by atoms with Crippen molar-refractivity contribution >= 4 is 11.9 Å². The smallest absolute Gasteiger partial charge is 0.296 e. The molecule has 6 rings (SSSR count). The van der Waals surface area contributed by atoms with Crippen LogP contribution in [0.4, 0.5) is 0 Å². The van der Waals surface area contributed by atoms with Crippen LogP contribution in [0, 0.1) is 0 Å². The highest BCUT2D eigenvalue weighted by Crippen LogP contribution is 2.44. The molecule has 31 heavy (non-hydrogen) atoms. The summed E-state index contributed by atoms with van der Waals surface area (Å²) in [6.45, 7) is 3.57. The van der Waals surface area contributed by atoms with Crippen LogP contribution in [-0.4, -0.2) is 54.0 Å². The Bertz CT molecular complexity index is 1070. The summed E-state index contributed by atoms with van der Waals surface area (Å²) in [5.74, 6) is -0.159. The number of ether oxygens (including phenoxy) is 2. The van der Waals surface area contributed by atoms with Crippen molar-refractivity contribution in [2.75, 3.05) is 26.7 Å². The van der Waals surface area contributed by atoms with E-state index in [0.29, 0.717) is 25.6 Å². The summed E-state index contributed by atoms with van der Waals surface area (Å²) in [4.78, 5) is 21.8. The van der Waals surface area contributed by atoms with Crippen molar-refractivity contribution in [1.82, 2.24) is 9.80 Å². The fourth-order valence-electron chi connectivity index (χ4n) is 5.66. The zero-order valence-electron chi connectivity index (χ0n) is 17.8. The second-order valence-electron chi connectivity index (χ2n) is 9.34. The average Bonchev–Trinajstić information content (AvgIpc) is 3.23.